The second-order valence-electron chi connectivity index (χ2n) is 8.72. The van der Waals surface area contributed by atoms with Crippen LogP contribution in [-0.4, -0.2) is 49.8 Å². The molecule has 0 amide bonds. The summed E-state index contributed by atoms with van der Waals surface area (Å²) in [6.07, 6.45) is 4.47. The van der Waals surface area contributed by atoms with Gasteiger partial charge < -0.3 is 9.47 Å². The zero-order valence-electron chi connectivity index (χ0n) is 19.5. The molecular weight excluding hydrogens is 404 g/mol. The maximum atomic E-state index is 13.0. The minimum absolute atomic E-state index is 0.258. The second-order valence-corrected chi connectivity index (χ2v) is 8.72. The molecule has 172 valence electrons. The zero-order valence-corrected chi connectivity index (χ0v) is 19.5. The molecule has 1 fully saturated rings. The summed E-state index contributed by atoms with van der Waals surface area (Å²) >= 11 is 0. The summed E-state index contributed by atoms with van der Waals surface area (Å²) in [5.74, 6) is 0.878. The summed E-state index contributed by atoms with van der Waals surface area (Å²) in [7, 11) is 3.24. The Balaban J connectivity index is 1.59. The fourth-order valence-electron chi connectivity index (χ4n) is 4.55. The Morgan fingerprint density at radius 3 is 2.31 bits per heavy atom. The van der Waals surface area contributed by atoms with Crippen LogP contribution in [0.15, 0.2) is 39.9 Å². The van der Waals surface area contributed by atoms with Gasteiger partial charge in [-0.15, -0.1) is 0 Å². The number of hydrogen-bond acceptors (Lipinski definition) is 5. The predicted octanol–water partition coefficient (Wildman–Crippen LogP) is 2.34. The maximum Gasteiger partial charge on any atom is 0.332 e. The largest absolute Gasteiger partial charge is 0.369 e. The van der Waals surface area contributed by atoms with Gasteiger partial charge in [0.15, 0.2) is 11.2 Å². The van der Waals surface area contributed by atoms with Gasteiger partial charge in [-0.25, -0.2) is 9.78 Å². The van der Waals surface area contributed by atoms with Gasteiger partial charge in [0.05, 0.1) is 6.54 Å². The van der Waals surface area contributed by atoms with Crippen LogP contribution >= 0.6 is 0 Å². The van der Waals surface area contributed by atoms with E-state index in [-0.39, 0.29) is 11.2 Å². The van der Waals surface area contributed by atoms with Crippen LogP contribution < -0.4 is 16.1 Å². The minimum atomic E-state index is -0.332. The molecule has 3 aromatic rings. The molecule has 0 unspecified atom stereocenters. The third-order valence-electron chi connectivity index (χ3n) is 6.52. The van der Waals surface area contributed by atoms with Gasteiger partial charge in [0.2, 0.25) is 0 Å². The lowest BCUT2D eigenvalue weighted by Gasteiger charge is -2.36. The quantitative estimate of drug-likeness (QED) is 0.505. The molecule has 3 heterocycles. The Labute approximate surface area is 188 Å². The number of imidazole rings is 1. The van der Waals surface area contributed by atoms with Crippen molar-refractivity contribution in [2.24, 2.45) is 14.1 Å². The van der Waals surface area contributed by atoms with Gasteiger partial charge in [0.1, 0.15) is 5.82 Å². The number of aryl methyl sites for hydroxylation is 2. The first kappa shape index (κ1) is 22.3. The first-order chi connectivity index (χ1) is 15.5. The Hall–Kier alpha value is -2.87. The average Bonchev–Trinajstić information content (AvgIpc) is 3.18. The molecule has 1 saturated heterocycles. The van der Waals surface area contributed by atoms with Crippen LogP contribution in [0.2, 0.25) is 0 Å². The number of anilines is 1. The van der Waals surface area contributed by atoms with Gasteiger partial charge in [0.25, 0.3) is 5.56 Å². The SMILES string of the molecule is CCCCCCn1c(CN2CCN(c3ccccc3)CC2)nc2c1c(=O)n(C)c(=O)n2C. The van der Waals surface area contributed by atoms with Crippen molar-refractivity contribution in [2.75, 3.05) is 31.1 Å². The van der Waals surface area contributed by atoms with Crippen LogP contribution in [0.25, 0.3) is 11.2 Å². The van der Waals surface area contributed by atoms with Crippen molar-refractivity contribution in [3.63, 3.8) is 0 Å². The number of piperazine rings is 1. The second kappa shape index (κ2) is 9.73. The molecule has 32 heavy (non-hydrogen) atoms. The van der Waals surface area contributed by atoms with Crippen LogP contribution in [-0.2, 0) is 27.2 Å². The van der Waals surface area contributed by atoms with E-state index in [1.165, 1.54) is 27.7 Å². The van der Waals surface area contributed by atoms with E-state index >= 15 is 0 Å². The van der Waals surface area contributed by atoms with Crippen LogP contribution in [0.3, 0.4) is 0 Å². The molecule has 8 nitrogen and oxygen atoms in total. The molecule has 8 heteroatoms. The Bertz CT molecular complexity index is 1170. The molecule has 0 radical (unpaired) electrons. The molecule has 0 spiro atoms. The summed E-state index contributed by atoms with van der Waals surface area (Å²) in [6.45, 7) is 7.42. The van der Waals surface area contributed by atoms with Gasteiger partial charge in [-0.2, -0.15) is 0 Å². The van der Waals surface area contributed by atoms with Gasteiger partial charge >= 0.3 is 5.69 Å². The van der Waals surface area contributed by atoms with Gasteiger partial charge in [0, 0.05) is 52.5 Å². The van der Waals surface area contributed by atoms with Crippen molar-refractivity contribution in [1.29, 1.82) is 0 Å². The summed E-state index contributed by atoms with van der Waals surface area (Å²) < 4.78 is 4.75. The summed E-state index contributed by atoms with van der Waals surface area (Å²) in [5, 5.41) is 0. The molecule has 0 aliphatic carbocycles. The molecule has 0 bridgehead atoms. The van der Waals surface area contributed by atoms with Gasteiger partial charge in [-0.1, -0.05) is 44.4 Å². The van der Waals surface area contributed by atoms with Crippen LogP contribution in [0.5, 0.6) is 0 Å². The number of para-hydroxylation sites is 1. The third-order valence-corrected chi connectivity index (χ3v) is 6.52. The molecule has 0 N–H and O–H groups in total. The lowest BCUT2D eigenvalue weighted by atomic mass is 10.2. The van der Waals surface area contributed by atoms with E-state index in [2.05, 4.69) is 45.6 Å². The van der Waals surface area contributed by atoms with E-state index in [9.17, 15) is 9.59 Å². The Kier molecular flexibility index (Phi) is 6.79. The zero-order chi connectivity index (χ0) is 22.7. The topological polar surface area (TPSA) is 68.3 Å². The van der Waals surface area contributed by atoms with E-state index in [4.69, 9.17) is 4.98 Å². The number of fused-ring (bicyclic) bond motifs is 1. The van der Waals surface area contributed by atoms with Crippen LogP contribution in [0.1, 0.15) is 38.4 Å². The smallest absolute Gasteiger partial charge is 0.332 e. The first-order valence-corrected chi connectivity index (χ1v) is 11.7. The molecule has 4 rings (SSSR count). The predicted molar refractivity (Wildman–Crippen MR) is 128 cm³/mol. The van der Waals surface area contributed by atoms with Crippen molar-refractivity contribution in [1.82, 2.24) is 23.6 Å². The maximum absolute atomic E-state index is 13.0. The highest BCUT2D eigenvalue weighted by Crippen LogP contribution is 2.19. The molecule has 1 aliphatic heterocycles. The summed E-state index contributed by atoms with van der Waals surface area (Å²) in [5.41, 5.74) is 1.71. The monoisotopic (exact) mass is 438 g/mol. The van der Waals surface area contributed by atoms with Gasteiger partial charge in [-0.3, -0.25) is 18.8 Å². The molecular formula is C24H34N6O2. The van der Waals surface area contributed by atoms with E-state index in [0.29, 0.717) is 17.7 Å². The molecule has 2 aromatic heterocycles. The van der Waals surface area contributed by atoms with Crippen molar-refractivity contribution >= 4 is 16.9 Å². The van der Waals surface area contributed by atoms with E-state index in [1.807, 2.05) is 6.07 Å². The molecule has 0 atom stereocenters. The Morgan fingerprint density at radius 1 is 0.906 bits per heavy atom. The van der Waals surface area contributed by atoms with E-state index in [1.54, 1.807) is 14.1 Å². The first-order valence-electron chi connectivity index (χ1n) is 11.7. The number of hydrogen-bond donors (Lipinski definition) is 0. The van der Waals surface area contributed by atoms with Crippen molar-refractivity contribution in [2.45, 2.75) is 45.7 Å². The van der Waals surface area contributed by atoms with Crippen molar-refractivity contribution in [3.05, 3.63) is 57.0 Å². The number of benzene rings is 1. The molecule has 1 aromatic carbocycles. The number of aromatic nitrogens is 4. The van der Waals surface area contributed by atoms with Crippen LogP contribution in [0, 0.1) is 0 Å². The third kappa shape index (κ3) is 4.37. The number of rotatable bonds is 8. The highest BCUT2D eigenvalue weighted by molar-refractivity contribution is 5.71. The molecule has 0 saturated carbocycles. The van der Waals surface area contributed by atoms with Crippen LogP contribution in [0.4, 0.5) is 5.69 Å². The van der Waals surface area contributed by atoms with Gasteiger partial charge in [-0.05, 0) is 18.6 Å². The average molecular weight is 439 g/mol. The lowest BCUT2D eigenvalue weighted by Crippen LogP contribution is -2.46. The highest BCUT2D eigenvalue weighted by Gasteiger charge is 2.23. The van der Waals surface area contributed by atoms with Crippen molar-refractivity contribution in [3.8, 4) is 0 Å². The fraction of sp³-hybridized carbons (Fsp3) is 0.542. The summed E-state index contributed by atoms with van der Waals surface area (Å²) in [6, 6.07) is 10.5. The fourth-order valence-corrected chi connectivity index (χ4v) is 4.55. The normalized spacial score (nSPS) is 15.0. The standard InChI is InChI=1S/C24H34N6O2/c1-4-5-6-10-13-30-20(25-22-21(30)23(31)27(3)24(32)26(22)2)18-28-14-16-29(17-15-28)19-11-8-7-9-12-19/h7-9,11-12H,4-6,10,13-18H2,1-3H3. The molecule has 1 aliphatic rings. The van der Waals surface area contributed by atoms with E-state index in [0.717, 1.165) is 51.4 Å². The Morgan fingerprint density at radius 2 is 1.62 bits per heavy atom. The van der Waals surface area contributed by atoms with Crippen molar-refractivity contribution < 1.29 is 0 Å². The minimum Gasteiger partial charge on any atom is -0.369 e. The van der Waals surface area contributed by atoms with E-state index < -0.39 is 0 Å². The number of nitrogens with zero attached hydrogens (tertiary/aromatic N) is 6. The number of unbranched alkanes of at least 4 members (excludes halogenated alkanes) is 3. The highest BCUT2D eigenvalue weighted by atomic mass is 16.2. The summed E-state index contributed by atoms with van der Waals surface area (Å²) in [4.78, 5) is 35.0. The lowest BCUT2D eigenvalue weighted by molar-refractivity contribution is 0.241.